The van der Waals surface area contributed by atoms with Gasteiger partial charge in [-0.3, -0.25) is 0 Å². The molecular formula is C11H15NO2. The lowest BCUT2D eigenvalue weighted by molar-refractivity contribution is 0.218. The first-order chi connectivity index (χ1) is 6.81. The van der Waals surface area contributed by atoms with Crippen molar-refractivity contribution in [3.05, 3.63) is 35.5 Å². The van der Waals surface area contributed by atoms with Crippen molar-refractivity contribution in [2.24, 2.45) is 5.73 Å². The first-order valence-electron chi connectivity index (χ1n) is 4.98. The summed E-state index contributed by atoms with van der Waals surface area (Å²) in [6.45, 7) is 2.80. The quantitative estimate of drug-likeness (QED) is 0.800. The van der Waals surface area contributed by atoms with E-state index in [9.17, 15) is 0 Å². The van der Waals surface area contributed by atoms with Crippen molar-refractivity contribution < 1.29 is 9.15 Å². The first-order valence-corrected chi connectivity index (χ1v) is 4.98. The van der Waals surface area contributed by atoms with Crippen LogP contribution in [0.3, 0.4) is 0 Å². The molecule has 0 aromatic carbocycles. The molecule has 0 saturated carbocycles. The monoisotopic (exact) mass is 193 g/mol. The Morgan fingerprint density at radius 1 is 1.50 bits per heavy atom. The Morgan fingerprint density at radius 3 is 2.93 bits per heavy atom. The standard InChI is InChI=1S/C11H15NO2/c1-2-8-5-6-10(14-8)11(12)9-4-3-7-13-9/h4-6,11H,2-3,7,12H2,1H3. The van der Waals surface area contributed by atoms with E-state index >= 15 is 0 Å². The molecule has 1 aromatic rings. The number of aryl methyl sites for hydroxylation is 1. The molecule has 1 aromatic heterocycles. The predicted octanol–water partition coefficient (Wildman–Crippen LogP) is 2.15. The molecule has 0 spiro atoms. The normalized spacial score (nSPS) is 17.7. The van der Waals surface area contributed by atoms with Crippen LogP contribution in [0, 0.1) is 0 Å². The van der Waals surface area contributed by atoms with E-state index in [4.69, 9.17) is 14.9 Å². The summed E-state index contributed by atoms with van der Waals surface area (Å²) in [4.78, 5) is 0. The van der Waals surface area contributed by atoms with Gasteiger partial charge in [0.05, 0.1) is 6.61 Å². The molecule has 2 rings (SSSR count). The lowest BCUT2D eigenvalue weighted by Gasteiger charge is -2.10. The highest BCUT2D eigenvalue weighted by Gasteiger charge is 2.19. The van der Waals surface area contributed by atoms with Crippen LogP contribution in [0.1, 0.15) is 30.9 Å². The molecule has 1 unspecified atom stereocenters. The first kappa shape index (κ1) is 9.34. The van der Waals surface area contributed by atoms with Crippen LogP contribution in [0.5, 0.6) is 0 Å². The van der Waals surface area contributed by atoms with E-state index in [1.807, 2.05) is 18.2 Å². The maximum absolute atomic E-state index is 5.98. The molecule has 2 N–H and O–H groups in total. The molecule has 1 aliphatic rings. The molecule has 3 heteroatoms. The molecule has 76 valence electrons. The van der Waals surface area contributed by atoms with Gasteiger partial charge in [0.1, 0.15) is 23.3 Å². The van der Waals surface area contributed by atoms with E-state index in [2.05, 4.69) is 6.92 Å². The van der Waals surface area contributed by atoms with Crippen molar-refractivity contribution in [1.29, 1.82) is 0 Å². The van der Waals surface area contributed by atoms with Crippen LogP contribution in [0.4, 0.5) is 0 Å². The minimum atomic E-state index is -0.238. The molecule has 0 bridgehead atoms. The topological polar surface area (TPSA) is 48.4 Å². The minimum Gasteiger partial charge on any atom is -0.496 e. The molecule has 0 aliphatic carbocycles. The van der Waals surface area contributed by atoms with E-state index in [1.54, 1.807) is 0 Å². The van der Waals surface area contributed by atoms with Crippen molar-refractivity contribution in [2.75, 3.05) is 6.61 Å². The number of hydrogen-bond donors (Lipinski definition) is 1. The second-order valence-corrected chi connectivity index (χ2v) is 3.38. The Hall–Kier alpha value is -1.22. The number of nitrogens with two attached hydrogens (primary N) is 1. The third-order valence-corrected chi connectivity index (χ3v) is 2.38. The van der Waals surface area contributed by atoms with Crippen LogP contribution in [-0.2, 0) is 11.2 Å². The van der Waals surface area contributed by atoms with Gasteiger partial charge in [-0.1, -0.05) is 6.92 Å². The van der Waals surface area contributed by atoms with E-state index in [1.165, 1.54) is 0 Å². The lowest BCUT2D eigenvalue weighted by atomic mass is 10.2. The third kappa shape index (κ3) is 1.68. The summed E-state index contributed by atoms with van der Waals surface area (Å²) >= 11 is 0. The van der Waals surface area contributed by atoms with Crippen LogP contribution in [0.25, 0.3) is 0 Å². The zero-order valence-electron chi connectivity index (χ0n) is 8.32. The van der Waals surface area contributed by atoms with Crippen LogP contribution < -0.4 is 5.73 Å². The second-order valence-electron chi connectivity index (χ2n) is 3.38. The zero-order valence-corrected chi connectivity index (χ0v) is 8.32. The van der Waals surface area contributed by atoms with E-state index in [-0.39, 0.29) is 6.04 Å². The summed E-state index contributed by atoms with van der Waals surface area (Å²) < 4.78 is 10.9. The zero-order chi connectivity index (χ0) is 9.97. The smallest absolute Gasteiger partial charge is 0.128 e. The number of rotatable bonds is 3. The summed E-state index contributed by atoms with van der Waals surface area (Å²) in [7, 11) is 0. The maximum atomic E-state index is 5.98. The summed E-state index contributed by atoms with van der Waals surface area (Å²) in [5.74, 6) is 2.59. The highest BCUT2D eigenvalue weighted by atomic mass is 16.5. The van der Waals surface area contributed by atoms with Gasteiger partial charge < -0.3 is 14.9 Å². The van der Waals surface area contributed by atoms with E-state index in [0.29, 0.717) is 0 Å². The molecule has 14 heavy (non-hydrogen) atoms. The molecule has 3 nitrogen and oxygen atoms in total. The molecule has 0 saturated heterocycles. The summed E-state index contributed by atoms with van der Waals surface area (Å²) in [5, 5.41) is 0. The average Bonchev–Trinajstić information content (AvgIpc) is 2.88. The fourth-order valence-corrected chi connectivity index (χ4v) is 1.55. The van der Waals surface area contributed by atoms with Gasteiger partial charge in [-0.05, 0) is 18.2 Å². The fraction of sp³-hybridized carbons (Fsp3) is 0.455. The lowest BCUT2D eigenvalue weighted by Crippen LogP contribution is -2.12. The van der Waals surface area contributed by atoms with Gasteiger partial charge in [0.25, 0.3) is 0 Å². The van der Waals surface area contributed by atoms with Gasteiger partial charge in [-0.15, -0.1) is 0 Å². The summed E-state index contributed by atoms with van der Waals surface area (Å²) in [6, 6.07) is 3.65. The Bertz CT molecular complexity index is 341. The fourth-order valence-electron chi connectivity index (χ4n) is 1.55. The van der Waals surface area contributed by atoms with Crippen molar-refractivity contribution in [3.63, 3.8) is 0 Å². The van der Waals surface area contributed by atoms with Gasteiger partial charge >= 0.3 is 0 Å². The number of furan rings is 1. The summed E-state index contributed by atoms with van der Waals surface area (Å²) in [6.07, 6.45) is 3.87. The molecule has 2 heterocycles. The van der Waals surface area contributed by atoms with Gasteiger partial charge in [0.15, 0.2) is 0 Å². The van der Waals surface area contributed by atoms with Gasteiger partial charge in [0.2, 0.25) is 0 Å². The minimum absolute atomic E-state index is 0.238. The van der Waals surface area contributed by atoms with E-state index in [0.717, 1.165) is 36.7 Å². The van der Waals surface area contributed by atoms with Gasteiger partial charge in [-0.25, -0.2) is 0 Å². The molecule has 1 atom stereocenters. The van der Waals surface area contributed by atoms with Gasteiger partial charge in [0, 0.05) is 12.8 Å². The Morgan fingerprint density at radius 2 is 2.36 bits per heavy atom. The van der Waals surface area contributed by atoms with Crippen LogP contribution >= 0.6 is 0 Å². The summed E-state index contributed by atoms with van der Waals surface area (Å²) in [5.41, 5.74) is 5.98. The molecule has 0 radical (unpaired) electrons. The average molecular weight is 193 g/mol. The molecular weight excluding hydrogens is 178 g/mol. The third-order valence-electron chi connectivity index (χ3n) is 2.38. The Balaban J connectivity index is 2.13. The van der Waals surface area contributed by atoms with E-state index < -0.39 is 0 Å². The van der Waals surface area contributed by atoms with Crippen molar-refractivity contribution in [3.8, 4) is 0 Å². The SMILES string of the molecule is CCc1ccc(C(N)C2=CCCO2)o1. The highest BCUT2D eigenvalue weighted by molar-refractivity contribution is 5.19. The van der Waals surface area contributed by atoms with Crippen molar-refractivity contribution >= 4 is 0 Å². The number of hydrogen-bond acceptors (Lipinski definition) is 3. The van der Waals surface area contributed by atoms with Crippen molar-refractivity contribution in [2.45, 2.75) is 25.8 Å². The maximum Gasteiger partial charge on any atom is 0.128 e. The van der Waals surface area contributed by atoms with Crippen LogP contribution in [0.2, 0.25) is 0 Å². The predicted molar refractivity (Wildman–Crippen MR) is 53.7 cm³/mol. The largest absolute Gasteiger partial charge is 0.496 e. The van der Waals surface area contributed by atoms with Gasteiger partial charge in [-0.2, -0.15) is 0 Å². The molecule has 0 amide bonds. The molecule has 1 aliphatic heterocycles. The highest BCUT2D eigenvalue weighted by Crippen LogP contribution is 2.25. The van der Waals surface area contributed by atoms with Crippen molar-refractivity contribution in [1.82, 2.24) is 0 Å². The van der Waals surface area contributed by atoms with Crippen LogP contribution in [0.15, 0.2) is 28.4 Å². The number of ether oxygens (including phenoxy) is 1. The molecule has 0 fully saturated rings. The Labute approximate surface area is 83.5 Å². The van der Waals surface area contributed by atoms with Crippen LogP contribution in [-0.4, -0.2) is 6.61 Å². The Kier molecular flexibility index (Phi) is 2.59. The second kappa shape index (κ2) is 3.88.